The van der Waals surface area contributed by atoms with Crippen LogP contribution in [-0.4, -0.2) is 22.6 Å². The van der Waals surface area contributed by atoms with Gasteiger partial charge in [-0.25, -0.2) is 0 Å². The van der Waals surface area contributed by atoms with Crippen LogP contribution in [0.3, 0.4) is 0 Å². The number of carbonyl (C=O) groups excluding carboxylic acids is 1. The third-order valence-electron chi connectivity index (χ3n) is 3.80. The molecule has 122 valence electrons. The van der Waals surface area contributed by atoms with Gasteiger partial charge in [-0.15, -0.1) is 0 Å². The fourth-order valence-electron chi connectivity index (χ4n) is 2.61. The number of benzene rings is 2. The third-order valence-corrected chi connectivity index (χ3v) is 4.04. The Labute approximate surface area is 146 Å². The molecule has 0 saturated heterocycles. The molecule has 1 amide bonds. The fourth-order valence-corrected chi connectivity index (χ4v) is 2.80. The number of anilines is 1. The van der Waals surface area contributed by atoms with Crippen LogP contribution in [0.2, 0.25) is 5.02 Å². The van der Waals surface area contributed by atoms with Crippen LogP contribution < -0.4 is 4.90 Å². The maximum absolute atomic E-state index is 12.8. The van der Waals surface area contributed by atoms with Crippen molar-refractivity contribution in [1.82, 2.24) is 10.2 Å². The molecule has 3 rings (SSSR count). The lowest BCUT2D eigenvalue weighted by molar-refractivity contribution is 0.0983. The van der Waals surface area contributed by atoms with Gasteiger partial charge in [0, 0.05) is 22.8 Å². The molecule has 0 bridgehead atoms. The van der Waals surface area contributed by atoms with Crippen molar-refractivity contribution >= 4 is 23.2 Å². The van der Waals surface area contributed by atoms with Crippen molar-refractivity contribution in [3.63, 3.8) is 0 Å². The second-order valence-corrected chi connectivity index (χ2v) is 6.00. The summed E-state index contributed by atoms with van der Waals surface area (Å²) in [6.45, 7) is 4.54. The highest BCUT2D eigenvalue weighted by atomic mass is 35.5. The second kappa shape index (κ2) is 6.89. The minimum Gasteiger partial charge on any atom is -0.307 e. The largest absolute Gasteiger partial charge is 0.307 e. The van der Waals surface area contributed by atoms with E-state index in [1.807, 2.05) is 56.3 Å². The van der Waals surface area contributed by atoms with Gasteiger partial charge in [-0.2, -0.15) is 5.10 Å². The molecule has 1 heterocycles. The maximum atomic E-state index is 12.8. The van der Waals surface area contributed by atoms with Gasteiger partial charge in [0.25, 0.3) is 5.91 Å². The number of carbonyl (C=O) groups is 1. The Morgan fingerprint density at radius 2 is 1.96 bits per heavy atom. The summed E-state index contributed by atoms with van der Waals surface area (Å²) in [7, 11) is 0. The molecule has 0 aliphatic heterocycles. The quantitative estimate of drug-likeness (QED) is 0.748. The summed E-state index contributed by atoms with van der Waals surface area (Å²) in [5.41, 5.74) is 4.01. The summed E-state index contributed by atoms with van der Waals surface area (Å²) in [5.74, 6) is -0.108. The van der Waals surface area contributed by atoms with Crippen LogP contribution in [0.4, 0.5) is 5.69 Å². The first-order valence-corrected chi connectivity index (χ1v) is 8.16. The highest BCUT2D eigenvalue weighted by molar-refractivity contribution is 6.30. The van der Waals surface area contributed by atoms with Gasteiger partial charge in [0.05, 0.1) is 5.69 Å². The number of amides is 1. The van der Waals surface area contributed by atoms with Crippen LogP contribution >= 0.6 is 11.6 Å². The lowest BCUT2D eigenvalue weighted by Crippen LogP contribution is -2.30. The van der Waals surface area contributed by atoms with E-state index < -0.39 is 0 Å². The number of aryl methyl sites for hydroxylation is 1. The predicted octanol–water partition coefficient (Wildman–Crippen LogP) is 4.71. The van der Waals surface area contributed by atoms with E-state index in [1.54, 1.807) is 17.0 Å². The fraction of sp³-hybridized carbons (Fsp3) is 0.158. The molecular weight excluding hydrogens is 322 g/mol. The average molecular weight is 340 g/mol. The Bertz CT molecular complexity index is 872. The molecule has 0 unspecified atom stereocenters. The van der Waals surface area contributed by atoms with E-state index in [0.717, 1.165) is 16.8 Å². The Balaban J connectivity index is 1.90. The minimum absolute atomic E-state index is 0.108. The Kier molecular flexibility index (Phi) is 4.67. The molecule has 0 saturated carbocycles. The number of hydrogen-bond acceptors (Lipinski definition) is 2. The van der Waals surface area contributed by atoms with Crippen LogP contribution in [0.25, 0.3) is 11.3 Å². The van der Waals surface area contributed by atoms with Gasteiger partial charge in [-0.3, -0.25) is 9.89 Å². The first-order valence-electron chi connectivity index (χ1n) is 7.78. The number of aromatic amines is 1. The molecule has 4 nitrogen and oxygen atoms in total. The summed E-state index contributed by atoms with van der Waals surface area (Å²) >= 11 is 6.02. The molecule has 0 aliphatic rings. The first kappa shape index (κ1) is 16.3. The van der Waals surface area contributed by atoms with Crippen LogP contribution in [0.15, 0.2) is 54.6 Å². The van der Waals surface area contributed by atoms with Crippen LogP contribution in [0.1, 0.15) is 23.0 Å². The number of H-pyrrole nitrogens is 1. The molecule has 0 spiro atoms. The monoisotopic (exact) mass is 339 g/mol. The second-order valence-electron chi connectivity index (χ2n) is 5.57. The molecular formula is C19H18ClN3O. The summed E-state index contributed by atoms with van der Waals surface area (Å²) in [6, 6.07) is 17.0. The van der Waals surface area contributed by atoms with Crippen molar-refractivity contribution < 1.29 is 4.79 Å². The topological polar surface area (TPSA) is 49.0 Å². The van der Waals surface area contributed by atoms with Gasteiger partial charge in [-0.05, 0) is 49.7 Å². The molecule has 0 fully saturated rings. The SMILES string of the molecule is CCN(C(=O)c1cc(-c2cccc(Cl)c2)n[nH]1)c1cccc(C)c1. The van der Waals surface area contributed by atoms with Gasteiger partial charge < -0.3 is 4.90 Å². The van der Waals surface area contributed by atoms with E-state index >= 15 is 0 Å². The number of aromatic nitrogens is 2. The maximum Gasteiger partial charge on any atom is 0.276 e. The highest BCUT2D eigenvalue weighted by Crippen LogP contribution is 2.23. The van der Waals surface area contributed by atoms with E-state index in [9.17, 15) is 4.79 Å². The highest BCUT2D eigenvalue weighted by Gasteiger charge is 2.19. The standard InChI is InChI=1S/C19H18ClN3O/c1-3-23(16-9-4-6-13(2)10-16)19(24)18-12-17(21-22-18)14-7-5-8-15(20)11-14/h4-12H,3H2,1-2H3,(H,21,22). The Morgan fingerprint density at radius 3 is 2.67 bits per heavy atom. The lowest BCUT2D eigenvalue weighted by Gasteiger charge is -2.20. The molecule has 1 N–H and O–H groups in total. The van der Waals surface area contributed by atoms with Gasteiger partial charge in [0.1, 0.15) is 5.69 Å². The van der Waals surface area contributed by atoms with Crippen molar-refractivity contribution in [2.45, 2.75) is 13.8 Å². The number of halogens is 1. The third kappa shape index (κ3) is 3.34. The summed E-state index contributed by atoms with van der Waals surface area (Å²) in [5, 5.41) is 7.72. The van der Waals surface area contributed by atoms with E-state index in [4.69, 9.17) is 11.6 Å². The number of nitrogens with one attached hydrogen (secondary N) is 1. The molecule has 1 aromatic heterocycles. The van der Waals surface area contributed by atoms with Crippen molar-refractivity contribution in [2.75, 3.05) is 11.4 Å². The van der Waals surface area contributed by atoms with Crippen LogP contribution in [-0.2, 0) is 0 Å². The molecule has 0 radical (unpaired) electrons. The Morgan fingerprint density at radius 1 is 1.17 bits per heavy atom. The Hall–Kier alpha value is -2.59. The zero-order chi connectivity index (χ0) is 17.1. The van der Waals surface area contributed by atoms with Gasteiger partial charge in [0.2, 0.25) is 0 Å². The van der Waals surface area contributed by atoms with E-state index in [0.29, 0.717) is 23.0 Å². The minimum atomic E-state index is -0.108. The van der Waals surface area contributed by atoms with E-state index in [1.165, 1.54) is 0 Å². The molecule has 24 heavy (non-hydrogen) atoms. The predicted molar refractivity (Wildman–Crippen MR) is 97.6 cm³/mol. The summed E-state index contributed by atoms with van der Waals surface area (Å²) in [4.78, 5) is 14.6. The first-order chi connectivity index (χ1) is 11.6. The lowest BCUT2D eigenvalue weighted by atomic mass is 10.1. The van der Waals surface area contributed by atoms with Crippen molar-refractivity contribution in [3.05, 3.63) is 70.9 Å². The average Bonchev–Trinajstić information content (AvgIpc) is 3.05. The molecule has 2 aromatic carbocycles. The summed E-state index contributed by atoms with van der Waals surface area (Å²) in [6.07, 6.45) is 0. The van der Waals surface area contributed by atoms with Gasteiger partial charge in [-0.1, -0.05) is 35.9 Å². The number of rotatable bonds is 4. The summed E-state index contributed by atoms with van der Waals surface area (Å²) < 4.78 is 0. The molecule has 0 atom stereocenters. The van der Waals surface area contributed by atoms with Crippen molar-refractivity contribution in [3.8, 4) is 11.3 Å². The zero-order valence-electron chi connectivity index (χ0n) is 13.6. The van der Waals surface area contributed by atoms with Crippen LogP contribution in [0, 0.1) is 6.92 Å². The smallest absolute Gasteiger partial charge is 0.276 e. The molecule has 0 aliphatic carbocycles. The van der Waals surface area contributed by atoms with Crippen molar-refractivity contribution in [2.24, 2.45) is 0 Å². The molecule has 5 heteroatoms. The van der Waals surface area contributed by atoms with Gasteiger partial charge in [0.15, 0.2) is 0 Å². The van der Waals surface area contributed by atoms with Gasteiger partial charge >= 0.3 is 0 Å². The zero-order valence-corrected chi connectivity index (χ0v) is 14.3. The number of hydrogen-bond donors (Lipinski definition) is 1. The van der Waals surface area contributed by atoms with Crippen LogP contribution in [0.5, 0.6) is 0 Å². The normalized spacial score (nSPS) is 10.6. The van der Waals surface area contributed by atoms with E-state index in [2.05, 4.69) is 10.2 Å². The molecule has 3 aromatic rings. The van der Waals surface area contributed by atoms with E-state index in [-0.39, 0.29) is 5.91 Å². The van der Waals surface area contributed by atoms with Crippen molar-refractivity contribution in [1.29, 1.82) is 0 Å². The number of nitrogens with zero attached hydrogens (tertiary/aromatic N) is 2.